The normalized spacial score (nSPS) is 12.6. The molecular weight excluding hydrogens is 342 g/mol. The molecule has 0 fully saturated rings. The molecule has 4 rings (SSSR count). The zero-order chi connectivity index (χ0) is 20.1. The first-order valence-corrected chi connectivity index (χ1v) is 9.74. The van der Waals surface area contributed by atoms with Crippen molar-refractivity contribution in [2.24, 2.45) is 5.73 Å². The molecule has 2 nitrogen and oxygen atoms in total. The second-order valence-corrected chi connectivity index (χ2v) is 8.70. The molecule has 2 heteroatoms. The van der Waals surface area contributed by atoms with Crippen LogP contribution in [-0.2, 0) is 11.1 Å². The highest BCUT2D eigenvalue weighted by molar-refractivity contribution is 6.08. The maximum atomic E-state index is 11.0. The van der Waals surface area contributed by atoms with Gasteiger partial charge in [0.25, 0.3) is 0 Å². The summed E-state index contributed by atoms with van der Waals surface area (Å²) in [6, 6.07) is 25.2. The Morgan fingerprint density at radius 3 is 1.50 bits per heavy atom. The third-order valence-corrected chi connectivity index (χ3v) is 5.46. The van der Waals surface area contributed by atoms with Crippen LogP contribution in [0.1, 0.15) is 38.8 Å². The Labute approximate surface area is 166 Å². The van der Waals surface area contributed by atoms with Crippen molar-refractivity contribution in [3.05, 3.63) is 83.9 Å². The van der Waals surface area contributed by atoms with Gasteiger partial charge in [-0.3, -0.25) is 0 Å². The van der Waals surface area contributed by atoms with Crippen LogP contribution in [0.25, 0.3) is 32.7 Å². The number of aliphatic hydroxyl groups is 1. The second kappa shape index (κ2) is 6.44. The van der Waals surface area contributed by atoms with Gasteiger partial charge in [0.15, 0.2) is 0 Å². The van der Waals surface area contributed by atoms with Crippen LogP contribution in [-0.4, -0.2) is 5.11 Å². The summed E-state index contributed by atoms with van der Waals surface area (Å²) in [5, 5.41) is 15.6. The summed E-state index contributed by atoms with van der Waals surface area (Å²) < 4.78 is 0. The number of hydrogen-bond donors (Lipinski definition) is 2. The van der Waals surface area contributed by atoms with E-state index in [9.17, 15) is 5.11 Å². The SMILES string of the molecule is CC(C)(N)c1ccc2ccccc2c1-c1c(C(C)(C)O)ccc2ccccc12. The molecule has 0 unspecified atom stereocenters. The molecule has 0 amide bonds. The first-order valence-electron chi connectivity index (χ1n) is 9.74. The molecule has 0 aliphatic rings. The van der Waals surface area contributed by atoms with Crippen LogP contribution in [0.5, 0.6) is 0 Å². The van der Waals surface area contributed by atoms with Gasteiger partial charge in [0.2, 0.25) is 0 Å². The fourth-order valence-electron chi connectivity index (χ4n) is 4.13. The summed E-state index contributed by atoms with van der Waals surface area (Å²) in [6.07, 6.45) is 0. The molecule has 0 heterocycles. The summed E-state index contributed by atoms with van der Waals surface area (Å²) in [4.78, 5) is 0. The Balaban J connectivity index is 2.27. The van der Waals surface area contributed by atoms with Crippen molar-refractivity contribution < 1.29 is 5.11 Å². The lowest BCUT2D eigenvalue weighted by molar-refractivity contribution is 0.0793. The largest absolute Gasteiger partial charge is 0.386 e. The highest BCUT2D eigenvalue weighted by atomic mass is 16.3. The lowest BCUT2D eigenvalue weighted by Gasteiger charge is -2.29. The van der Waals surface area contributed by atoms with E-state index in [-0.39, 0.29) is 0 Å². The fourth-order valence-corrected chi connectivity index (χ4v) is 4.13. The Kier molecular flexibility index (Phi) is 4.29. The third-order valence-electron chi connectivity index (χ3n) is 5.46. The lowest BCUT2D eigenvalue weighted by atomic mass is 9.79. The first kappa shape index (κ1) is 18.7. The van der Waals surface area contributed by atoms with E-state index in [2.05, 4.69) is 60.7 Å². The lowest BCUT2D eigenvalue weighted by Crippen LogP contribution is -2.29. The Morgan fingerprint density at radius 1 is 0.607 bits per heavy atom. The van der Waals surface area contributed by atoms with Crippen LogP contribution in [0, 0.1) is 0 Å². The first-order chi connectivity index (χ1) is 13.2. The zero-order valence-corrected chi connectivity index (χ0v) is 17.0. The van der Waals surface area contributed by atoms with E-state index in [1.54, 1.807) is 0 Å². The minimum Gasteiger partial charge on any atom is -0.386 e. The van der Waals surface area contributed by atoms with Gasteiger partial charge in [-0.15, -0.1) is 0 Å². The van der Waals surface area contributed by atoms with Crippen LogP contribution >= 0.6 is 0 Å². The van der Waals surface area contributed by atoms with Crippen molar-refractivity contribution in [2.75, 3.05) is 0 Å². The summed E-state index contributed by atoms with van der Waals surface area (Å²) >= 11 is 0. The Morgan fingerprint density at radius 2 is 1.04 bits per heavy atom. The average Bonchev–Trinajstić information content (AvgIpc) is 2.64. The van der Waals surface area contributed by atoms with Crippen LogP contribution in [0.2, 0.25) is 0 Å². The van der Waals surface area contributed by atoms with Gasteiger partial charge in [-0.2, -0.15) is 0 Å². The summed E-state index contributed by atoms with van der Waals surface area (Å²) in [6.45, 7) is 7.77. The van der Waals surface area contributed by atoms with Crippen LogP contribution in [0.3, 0.4) is 0 Å². The molecule has 0 radical (unpaired) electrons. The standard InChI is InChI=1S/C26H27NO/c1-25(2,27)21-15-13-17-9-5-7-11-19(17)23(21)24-20-12-8-6-10-18(20)14-16-22(24)26(3,4)28/h5-16,28H,27H2,1-4H3. The van der Waals surface area contributed by atoms with E-state index in [4.69, 9.17) is 5.73 Å². The Hall–Kier alpha value is -2.68. The number of benzene rings is 4. The molecule has 0 aromatic heterocycles. The molecule has 0 atom stereocenters. The molecule has 3 N–H and O–H groups in total. The van der Waals surface area contributed by atoms with Gasteiger partial charge in [0, 0.05) is 5.54 Å². The maximum Gasteiger partial charge on any atom is 0.0846 e. The van der Waals surface area contributed by atoms with Crippen molar-refractivity contribution in [1.82, 2.24) is 0 Å². The number of rotatable bonds is 3. The van der Waals surface area contributed by atoms with E-state index in [1.807, 2.05) is 39.8 Å². The zero-order valence-electron chi connectivity index (χ0n) is 17.0. The van der Waals surface area contributed by atoms with Gasteiger partial charge in [-0.25, -0.2) is 0 Å². The third kappa shape index (κ3) is 3.09. The van der Waals surface area contributed by atoms with E-state index in [0.717, 1.165) is 38.4 Å². The molecule has 0 aliphatic carbocycles. The molecule has 0 bridgehead atoms. The van der Waals surface area contributed by atoms with Gasteiger partial charge in [-0.1, -0.05) is 72.8 Å². The molecule has 4 aromatic carbocycles. The van der Waals surface area contributed by atoms with Crippen LogP contribution < -0.4 is 5.73 Å². The number of hydrogen-bond acceptors (Lipinski definition) is 2. The molecule has 142 valence electrons. The van der Waals surface area contributed by atoms with Gasteiger partial charge < -0.3 is 10.8 Å². The quantitative estimate of drug-likeness (QED) is 0.459. The number of fused-ring (bicyclic) bond motifs is 2. The Bertz CT molecular complexity index is 1080. The molecule has 0 saturated heterocycles. The van der Waals surface area contributed by atoms with Crippen molar-refractivity contribution in [1.29, 1.82) is 0 Å². The summed E-state index contributed by atoms with van der Waals surface area (Å²) in [5.41, 5.74) is 9.29. The predicted octanol–water partition coefficient (Wildman–Crippen LogP) is 6.08. The monoisotopic (exact) mass is 369 g/mol. The van der Waals surface area contributed by atoms with Crippen molar-refractivity contribution in [3.8, 4) is 11.1 Å². The average molecular weight is 370 g/mol. The van der Waals surface area contributed by atoms with Gasteiger partial charge in [-0.05, 0) is 71.5 Å². The molecule has 28 heavy (non-hydrogen) atoms. The topological polar surface area (TPSA) is 46.2 Å². The molecule has 0 spiro atoms. The van der Waals surface area contributed by atoms with E-state index in [1.165, 1.54) is 5.39 Å². The van der Waals surface area contributed by atoms with E-state index < -0.39 is 11.1 Å². The van der Waals surface area contributed by atoms with Gasteiger partial charge in [0.1, 0.15) is 0 Å². The van der Waals surface area contributed by atoms with Crippen LogP contribution in [0.4, 0.5) is 0 Å². The minimum absolute atomic E-state index is 0.521. The van der Waals surface area contributed by atoms with E-state index >= 15 is 0 Å². The van der Waals surface area contributed by atoms with Crippen LogP contribution in [0.15, 0.2) is 72.8 Å². The summed E-state index contributed by atoms with van der Waals surface area (Å²) in [7, 11) is 0. The molecule has 0 saturated carbocycles. The minimum atomic E-state index is -0.980. The van der Waals surface area contributed by atoms with Gasteiger partial charge in [0.05, 0.1) is 5.60 Å². The fraction of sp³-hybridized carbons (Fsp3) is 0.231. The highest BCUT2D eigenvalue weighted by Crippen LogP contribution is 2.44. The molecular formula is C26H27NO. The molecule has 0 aliphatic heterocycles. The molecule has 4 aromatic rings. The van der Waals surface area contributed by atoms with Crippen molar-refractivity contribution in [2.45, 2.75) is 38.8 Å². The maximum absolute atomic E-state index is 11.0. The van der Waals surface area contributed by atoms with Gasteiger partial charge >= 0.3 is 0 Å². The van der Waals surface area contributed by atoms with Crippen molar-refractivity contribution >= 4 is 21.5 Å². The van der Waals surface area contributed by atoms with E-state index in [0.29, 0.717) is 0 Å². The predicted molar refractivity (Wildman–Crippen MR) is 119 cm³/mol. The smallest absolute Gasteiger partial charge is 0.0846 e. The second-order valence-electron chi connectivity index (χ2n) is 8.70. The number of nitrogens with two attached hydrogens (primary N) is 1. The highest BCUT2D eigenvalue weighted by Gasteiger charge is 2.28. The van der Waals surface area contributed by atoms with Crippen molar-refractivity contribution in [3.63, 3.8) is 0 Å². The summed E-state index contributed by atoms with van der Waals surface area (Å²) in [5.74, 6) is 0.